The number of aryl methyl sites for hydroxylation is 1. The number of esters is 1. The van der Waals surface area contributed by atoms with Crippen LogP contribution in [-0.2, 0) is 4.74 Å². The highest BCUT2D eigenvalue weighted by Gasteiger charge is 2.22. The summed E-state index contributed by atoms with van der Waals surface area (Å²) in [6, 6.07) is 6.17. The molecule has 3 aromatic heterocycles. The molecule has 142 valence electrons. The van der Waals surface area contributed by atoms with Gasteiger partial charge in [-0.15, -0.1) is 11.3 Å². The van der Waals surface area contributed by atoms with Crippen molar-refractivity contribution in [3.63, 3.8) is 0 Å². The zero-order valence-electron chi connectivity index (χ0n) is 16.1. The van der Waals surface area contributed by atoms with Crippen LogP contribution in [0.5, 0.6) is 0 Å². The van der Waals surface area contributed by atoms with E-state index in [9.17, 15) is 4.79 Å². The largest absolute Gasteiger partial charge is 0.462 e. The van der Waals surface area contributed by atoms with Crippen LogP contribution in [0.1, 0.15) is 41.9 Å². The Kier molecular flexibility index (Phi) is 4.91. The third kappa shape index (κ3) is 3.46. The first-order valence-electron chi connectivity index (χ1n) is 9.56. The van der Waals surface area contributed by atoms with Gasteiger partial charge in [0.2, 0.25) is 0 Å². The van der Waals surface area contributed by atoms with Gasteiger partial charge in [-0.1, -0.05) is 6.92 Å². The number of ether oxygens (including phenoxy) is 1. The number of imidazole rings is 1. The van der Waals surface area contributed by atoms with Gasteiger partial charge in [0.25, 0.3) is 0 Å². The van der Waals surface area contributed by atoms with Crippen molar-refractivity contribution in [2.24, 2.45) is 5.92 Å². The normalized spacial score (nSPS) is 15.4. The van der Waals surface area contributed by atoms with E-state index >= 15 is 0 Å². The van der Waals surface area contributed by atoms with E-state index in [1.54, 1.807) is 11.3 Å². The Morgan fingerprint density at radius 2 is 2.11 bits per heavy atom. The molecule has 1 aliphatic rings. The molecule has 6 heteroatoms. The number of carbonyl (C=O) groups is 1. The van der Waals surface area contributed by atoms with Crippen LogP contribution in [0.2, 0.25) is 0 Å². The lowest BCUT2D eigenvalue weighted by atomic mass is 9.99. The summed E-state index contributed by atoms with van der Waals surface area (Å²) in [6.07, 6.45) is 6.09. The SMILES string of the molecule is CCOC(=O)c1cc(N2CCC(C)CC2)c2ncc(-c3ccc(C)s3)n2c1. The zero-order valence-corrected chi connectivity index (χ0v) is 16.9. The second-order valence-corrected chi connectivity index (χ2v) is 8.54. The maximum atomic E-state index is 12.5. The third-order valence-corrected chi connectivity index (χ3v) is 6.24. The van der Waals surface area contributed by atoms with Gasteiger partial charge in [-0.25, -0.2) is 9.78 Å². The standard InChI is InChI=1S/C21H25N3O2S/c1-4-26-21(25)16-11-17(23-9-7-14(2)8-10-23)20-22-12-18(24(20)13-16)19-6-5-15(3)27-19/h5-6,11-14H,4,7-10H2,1-3H3. The monoisotopic (exact) mass is 383 g/mol. The molecule has 0 amide bonds. The Hall–Kier alpha value is -2.34. The quantitative estimate of drug-likeness (QED) is 0.608. The number of hydrogen-bond acceptors (Lipinski definition) is 5. The number of pyridine rings is 1. The molecule has 3 aromatic rings. The Balaban J connectivity index is 1.85. The van der Waals surface area contributed by atoms with E-state index in [-0.39, 0.29) is 5.97 Å². The summed E-state index contributed by atoms with van der Waals surface area (Å²) in [7, 11) is 0. The summed E-state index contributed by atoms with van der Waals surface area (Å²) in [5, 5.41) is 0. The molecule has 27 heavy (non-hydrogen) atoms. The molecule has 1 saturated heterocycles. The summed E-state index contributed by atoms with van der Waals surface area (Å²) in [5.41, 5.74) is 3.51. The lowest BCUT2D eigenvalue weighted by molar-refractivity contribution is 0.0526. The van der Waals surface area contributed by atoms with Crippen LogP contribution in [0.3, 0.4) is 0 Å². The highest BCUT2D eigenvalue weighted by molar-refractivity contribution is 7.15. The number of anilines is 1. The van der Waals surface area contributed by atoms with Crippen molar-refractivity contribution in [2.75, 3.05) is 24.6 Å². The Labute approximate surface area is 163 Å². The van der Waals surface area contributed by atoms with Crippen molar-refractivity contribution >= 4 is 28.6 Å². The van der Waals surface area contributed by atoms with Gasteiger partial charge >= 0.3 is 5.97 Å². The minimum atomic E-state index is -0.284. The average molecular weight is 384 g/mol. The van der Waals surface area contributed by atoms with Crippen LogP contribution >= 0.6 is 11.3 Å². The van der Waals surface area contributed by atoms with Gasteiger partial charge in [-0.3, -0.25) is 4.40 Å². The molecule has 0 spiro atoms. The summed E-state index contributed by atoms with van der Waals surface area (Å²) >= 11 is 1.74. The second kappa shape index (κ2) is 7.35. The van der Waals surface area contributed by atoms with Gasteiger partial charge in [-0.2, -0.15) is 0 Å². The molecular formula is C21H25N3O2S. The number of carbonyl (C=O) groups excluding carboxylic acids is 1. The zero-order chi connectivity index (χ0) is 19.0. The molecule has 0 bridgehead atoms. The summed E-state index contributed by atoms with van der Waals surface area (Å²) in [5.74, 6) is 0.461. The van der Waals surface area contributed by atoms with Gasteiger partial charge < -0.3 is 9.64 Å². The predicted molar refractivity (Wildman–Crippen MR) is 110 cm³/mol. The van der Waals surface area contributed by atoms with E-state index in [0.717, 1.165) is 53.8 Å². The fraction of sp³-hybridized carbons (Fsp3) is 0.429. The van der Waals surface area contributed by atoms with Crippen molar-refractivity contribution in [1.82, 2.24) is 9.38 Å². The fourth-order valence-electron chi connectivity index (χ4n) is 3.63. The van der Waals surface area contributed by atoms with Gasteiger partial charge in [0.05, 0.1) is 34.6 Å². The second-order valence-electron chi connectivity index (χ2n) is 7.25. The predicted octanol–water partition coefficient (Wildman–Crippen LogP) is 4.78. The molecule has 0 radical (unpaired) electrons. The smallest absolute Gasteiger partial charge is 0.339 e. The van der Waals surface area contributed by atoms with Crippen LogP contribution in [0.15, 0.2) is 30.6 Å². The first-order chi connectivity index (χ1) is 13.1. The van der Waals surface area contributed by atoms with E-state index in [4.69, 9.17) is 9.72 Å². The van der Waals surface area contributed by atoms with Crippen molar-refractivity contribution in [1.29, 1.82) is 0 Å². The van der Waals surface area contributed by atoms with Crippen LogP contribution in [0, 0.1) is 12.8 Å². The molecule has 0 unspecified atom stereocenters. The number of fused-ring (bicyclic) bond motifs is 1. The first kappa shape index (κ1) is 18.0. The lowest BCUT2D eigenvalue weighted by Crippen LogP contribution is -2.33. The molecule has 0 N–H and O–H groups in total. The van der Waals surface area contributed by atoms with Crippen LogP contribution in [0.4, 0.5) is 5.69 Å². The number of nitrogens with zero attached hydrogens (tertiary/aromatic N) is 3. The molecule has 5 nitrogen and oxygen atoms in total. The Morgan fingerprint density at radius 3 is 2.78 bits per heavy atom. The molecule has 0 atom stereocenters. The molecule has 0 aliphatic carbocycles. The third-order valence-electron chi connectivity index (χ3n) is 5.21. The highest BCUT2D eigenvalue weighted by atomic mass is 32.1. The maximum absolute atomic E-state index is 12.5. The van der Waals surface area contributed by atoms with Crippen molar-refractivity contribution in [2.45, 2.75) is 33.6 Å². The summed E-state index contributed by atoms with van der Waals surface area (Å²) in [6.45, 7) is 8.58. The van der Waals surface area contributed by atoms with E-state index in [2.05, 4.69) is 30.9 Å². The minimum Gasteiger partial charge on any atom is -0.462 e. The Bertz CT molecular complexity index is 967. The van der Waals surface area contributed by atoms with Crippen LogP contribution in [-0.4, -0.2) is 35.1 Å². The van der Waals surface area contributed by atoms with E-state index < -0.39 is 0 Å². The molecule has 1 fully saturated rings. The van der Waals surface area contributed by atoms with E-state index in [1.165, 1.54) is 4.88 Å². The minimum absolute atomic E-state index is 0.284. The number of thiophene rings is 1. The van der Waals surface area contributed by atoms with Crippen LogP contribution in [0.25, 0.3) is 16.2 Å². The van der Waals surface area contributed by atoms with Gasteiger partial charge in [0, 0.05) is 24.2 Å². The van der Waals surface area contributed by atoms with E-state index in [1.807, 2.05) is 29.8 Å². The highest BCUT2D eigenvalue weighted by Crippen LogP contribution is 2.33. The van der Waals surface area contributed by atoms with Crippen molar-refractivity contribution in [3.05, 3.63) is 41.0 Å². The Morgan fingerprint density at radius 1 is 1.33 bits per heavy atom. The first-order valence-corrected chi connectivity index (χ1v) is 10.4. The molecule has 0 saturated carbocycles. The van der Waals surface area contributed by atoms with E-state index in [0.29, 0.717) is 12.2 Å². The van der Waals surface area contributed by atoms with Gasteiger partial charge in [0.1, 0.15) is 0 Å². The van der Waals surface area contributed by atoms with Crippen molar-refractivity contribution < 1.29 is 9.53 Å². The maximum Gasteiger partial charge on any atom is 0.339 e. The number of piperidine rings is 1. The van der Waals surface area contributed by atoms with Crippen molar-refractivity contribution in [3.8, 4) is 10.6 Å². The van der Waals surface area contributed by atoms with Gasteiger partial charge in [0.15, 0.2) is 5.65 Å². The molecule has 4 rings (SSSR count). The molecule has 0 aromatic carbocycles. The topological polar surface area (TPSA) is 46.8 Å². The average Bonchev–Trinajstić information content (AvgIpc) is 3.27. The van der Waals surface area contributed by atoms with Gasteiger partial charge in [-0.05, 0) is 50.8 Å². The lowest BCUT2D eigenvalue weighted by Gasteiger charge is -2.32. The fourth-order valence-corrected chi connectivity index (χ4v) is 4.51. The summed E-state index contributed by atoms with van der Waals surface area (Å²) < 4.78 is 7.32. The number of aromatic nitrogens is 2. The summed E-state index contributed by atoms with van der Waals surface area (Å²) in [4.78, 5) is 22.0. The van der Waals surface area contributed by atoms with Crippen LogP contribution < -0.4 is 4.90 Å². The molecule has 1 aliphatic heterocycles. The number of rotatable bonds is 4. The molecule has 4 heterocycles. The number of hydrogen-bond donors (Lipinski definition) is 0. The molecular weight excluding hydrogens is 358 g/mol.